The molecule has 1 aliphatic rings. The molecule has 178 valence electrons. The molecule has 0 aromatic heterocycles. The van der Waals surface area contributed by atoms with Crippen LogP contribution in [0, 0.1) is 5.92 Å². The van der Waals surface area contributed by atoms with E-state index in [0.29, 0.717) is 33.8 Å². The van der Waals surface area contributed by atoms with E-state index in [0.717, 1.165) is 25.2 Å². The van der Waals surface area contributed by atoms with Crippen LogP contribution in [0.15, 0.2) is 49.1 Å². The predicted molar refractivity (Wildman–Crippen MR) is 136 cm³/mol. The summed E-state index contributed by atoms with van der Waals surface area (Å²) in [6.07, 6.45) is 5.55. The molecule has 7 heteroatoms. The van der Waals surface area contributed by atoms with Crippen LogP contribution in [0.3, 0.4) is 0 Å². The van der Waals surface area contributed by atoms with E-state index >= 15 is 0 Å². The maximum atomic E-state index is 13.3. The molecular formula is C26H32Cl2N2O3. The Morgan fingerprint density at radius 2 is 1.88 bits per heavy atom. The average Bonchev–Trinajstić information content (AvgIpc) is 2.82. The van der Waals surface area contributed by atoms with Crippen molar-refractivity contribution in [2.24, 2.45) is 5.92 Å². The van der Waals surface area contributed by atoms with Gasteiger partial charge in [-0.1, -0.05) is 48.7 Å². The molecule has 1 saturated heterocycles. The Morgan fingerprint density at radius 3 is 2.55 bits per heavy atom. The number of anilines is 1. The maximum absolute atomic E-state index is 13.3. The van der Waals surface area contributed by atoms with Crippen LogP contribution >= 0.6 is 23.2 Å². The minimum Gasteiger partial charge on any atom is -0.493 e. The number of ether oxygens (including phenoxy) is 2. The van der Waals surface area contributed by atoms with Crippen molar-refractivity contribution in [3.05, 3.63) is 64.7 Å². The number of likely N-dealkylation sites (tertiary alicyclic amines) is 1. The zero-order valence-corrected chi connectivity index (χ0v) is 20.8. The monoisotopic (exact) mass is 490 g/mol. The van der Waals surface area contributed by atoms with Crippen molar-refractivity contribution < 1.29 is 14.3 Å². The molecule has 1 heterocycles. The molecule has 0 spiro atoms. The van der Waals surface area contributed by atoms with Crippen LogP contribution in [0.5, 0.6) is 11.5 Å². The summed E-state index contributed by atoms with van der Waals surface area (Å²) >= 11 is 12.3. The second kappa shape index (κ2) is 12.3. The first-order valence-corrected chi connectivity index (χ1v) is 12.1. The van der Waals surface area contributed by atoms with Crippen LogP contribution in [0.25, 0.3) is 0 Å². The molecule has 2 aromatic rings. The van der Waals surface area contributed by atoms with E-state index in [-0.39, 0.29) is 11.8 Å². The molecule has 1 aliphatic heterocycles. The molecule has 1 fully saturated rings. The molecule has 33 heavy (non-hydrogen) atoms. The van der Waals surface area contributed by atoms with Gasteiger partial charge in [0.1, 0.15) is 6.61 Å². The third-order valence-corrected chi connectivity index (χ3v) is 6.77. The third-order valence-electron chi connectivity index (χ3n) is 6.03. The van der Waals surface area contributed by atoms with Crippen LogP contribution in [0.1, 0.15) is 37.7 Å². The Hall–Kier alpha value is -2.21. The Kier molecular flexibility index (Phi) is 9.48. The number of nitrogens with one attached hydrogen (secondary N) is 1. The largest absolute Gasteiger partial charge is 0.493 e. The normalized spacial score (nSPS) is 16.0. The number of halogens is 2. The molecule has 2 atom stereocenters. The number of piperidine rings is 1. The highest BCUT2D eigenvalue weighted by Crippen LogP contribution is 2.34. The van der Waals surface area contributed by atoms with Crippen molar-refractivity contribution in [1.29, 1.82) is 0 Å². The number of rotatable bonds is 10. The van der Waals surface area contributed by atoms with Gasteiger partial charge in [-0.3, -0.25) is 9.69 Å². The lowest BCUT2D eigenvalue weighted by Gasteiger charge is -2.26. The highest BCUT2D eigenvalue weighted by atomic mass is 35.5. The average molecular weight is 491 g/mol. The van der Waals surface area contributed by atoms with Crippen LogP contribution in [0.4, 0.5) is 5.69 Å². The van der Waals surface area contributed by atoms with Crippen molar-refractivity contribution in [1.82, 2.24) is 4.90 Å². The van der Waals surface area contributed by atoms with Crippen molar-refractivity contribution in [3.8, 4) is 11.5 Å². The fourth-order valence-corrected chi connectivity index (χ4v) is 4.40. The highest BCUT2D eigenvalue weighted by Gasteiger charge is 2.26. The van der Waals surface area contributed by atoms with Gasteiger partial charge in [0.25, 0.3) is 0 Å². The zero-order chi connectivity index (χ0) is 23.8. The molecule has 0 bridgehead atoms. The quantitative estimate of drug-likeness (QED) is 0.390. The molecule has 5 nitrogen and oxygen atoms in total. The number of benzene rings is 2. The van der Waals surface area contributed by atoms with Crippen LogP contribution in [-0.4, -0.2) is 44.2 Å². The van der Waals surface area contributed by atoms with E-state index in [4.69, 9.17) is 32.7 Å². The van der Waals surface area contributed by atoms with E-state index < -0.39 is 5.92 Å². The van der Waals surface area contributed by atoms with Crippen molar-refractivity contribution >= 4 is 34.8 Å². The van der Waals surface area contributed by atoms with Crippen LogP contribution in [-0.2, 0) is 4.79 Å². The summed E-state index contributed by atoms with van der Waals surface area (Å²) in [5.74, 6) is 0.496. The minimum atomic E-state index is -0.470. The summed E-state index contributed by atoms with van der Waals surface area (Å²) < 4.78 is 11.5. The topological polar surface area (TPSA) is 50.8 Å². The summed E-state index contributed by atoms with van der Waals surface area (Å²) in [4.78, 5) is 15.7. The summed E-state index contributed by atoms with van der Waals surface area (Å²) in [5.41, 5.74) is 1.41. The van der Waals surface area contributed by atoms with Gasteiger partial charge in [0.2, 0.25) is 5.91 Å². The number of methoxy groups -OCH3 is 1. The number of amides is 1. The lowest BCUT2D eigenvalue weighted by atomic mass is 9.86. The molecule has 3 rings (SSSR count). The van der Waals surface area contributed by atoms with E-state index in [9.17, 15) is 4.79 Å². The Bertz CT molecular complexity index is 961. The minimum absolute atomic E-state index is 0.110. The van der Waals surface area contributed by atoms with E-state index in [1.165, 1.54) is 19.3 Å². The Morgan fingerprint density at radius 1 is 1.12 bits per heavy atom. The highest BCUT2D eigenvalue weighted by molar-refractivity contribution is 6.42. The molecule has 1 N–H and O–H groups in total. The molecule has 2 aromatic carbocycles. The maximum Gasteiger partial charge on any atom is 0.232 e. The van der Waals surface area contributed by atoms with Gasteiger partial charge in [-0.05, 0) is 61.7 Å². The SMILES string of the molecule is C=CC(C)C(C(=O)Nc1ccc(OC)c(OCCN2CCCCC2)c1)c1ccc(Cl)c(Cl)c1. The number of carbonyl (C=O) groups excluding carboxylic acids is 1. The number of hydrogen-bond acceptors (Lipinski definition) is 4. The fraction of sp³-hybridized carbons (Fsp3) is 0.423. The van der Waals surface area contributed by atoms with Gasteiger partial charge in [-0.2, -0.15) is 0 Å². The van der Waals surface area contributed by atoms with Gasteiger partial charge in [-0.15, -0.1) is 6.58 Å². The second-order valence-electron chi connectivity index (χ2n) is 8.35. The Balaban J connectivity index is 1.72. The van der Waals surface area contributed by atoms with Crippen molar-refractivity contribution in [3.63, 3.8) is 0 Å². The van der Waals surface area contributed by atoms with Gasteiger partial charge in [0.05, 0.1) is 23.1 Å². The van der Waals surface area contributed by atoms with E-state index in [2.05, 4.69) is 16.8 Å². The standard InChI is InChI=1S/C26H32Cl2N2O3/c1-4-18(2)25(19-8-10-21(27)22(28)16-19)26(31)29-20-9-11-23(32-3)24(17-20)33-15-14-30-12-6-5-7-13-30/h4,8-11,16-18,25H,1,5-7,12-15H2,2-3H3,(H,29,31). The predicted octanol–water partition coefficient (Wildman–Crippen LogP) is 6.41. The van der Waals surface area contributed by atoms with Crippen LogP contribution < -0.4 is 14.8 Å². The number of allylic oxidation sites excluding steroid dienone is 1. The van der Waals surface area contributed by atoms with E-state index in [1.807, 2.05) is 13.0 Å². The summed E-state index contributed by atoms with van der Waals surface area (Å²) in [6.45, 7) is 9.49. The van der Waals surface area contributed by atoms with Gasteiger partial charge in [-0.25, -0.2) is 0 Å². The first-order valence-electron chi connectivity index (χ1n) is 11.3. The van der Waals surface area contributed by atoms with E-state index in [1.54, 1.807) is 43.5 Å². The number of carbonyl (C=O) groups is 1. The first-order chi connectivity index (χ1) is 15.9. The fourth-order valence-electron chi connectivity index (χ4n) is 4.09. The summed E-state index contributed by atoms with van der Waals surface area (Å²) in [6, 6.07) is 10.7. The lowest BCUT2D eigenvalue weighted by molar-refractivity contribution is -0.118. The molecule has 0 saturated carbocycles. The van der Waals surface area contributed by atoms with Crippen molar-refractivity contribution in [2.45, 2.75) is 32.1 Å². The number of nitrogens with zero attached hydrogens (tertiary/aromatic N) is 1. The molecule has 2 unspecified atom stereocenters. The lowest BCUT2D eigenvalue weighted by Crippen LogP contribution is -2.33. The number of hydrogen-bond donors (Lipinski definition) is 1. The second-order valence-corrected chi connectivity index (χ2v) is 9.17. The molecule has 1 amide bonds. The van der Waals surface area contributed by atoms with Gasteiger partial charge in [0.15, 0.2) is 11.5 Å². The first kappa shape index (κ1) is 25.4. The molecule has 0 radical (unpaired) electrons. The molecular weight excluding hydrogens is 459 g/mol. The summed E-state index contributed by atoms with van der Waals surface area (Å²) in [7, 11) is 1.61. The van der Waals surface area contributed by atoms with Crippen molar-refractivity contribution in [2.75, 3.05) is 38.7 Å². The van der Waals surface area contributed by atoms with Crippen LogP contribution in [0.2, 0.25) is 10.0 Å². The zero-order valence-electron chi connectivity index (χ0n) is 19.3. The third kappa shape index (κ3) is 6.89. The van der Waals surface area contributed by atoms with Gasteiger partial charge < -0.3 is 14.8 Å². The molecule has 0 aliphatic carbocycles. The van der Waals surface area contributed by atoms with Gasteiger partial charge in [0, 0.05) is 18.3 Å². The Labute approximate surface area is 206 Å². The summed E-state index contributed by atoms with van der Waals surface area (Å²) in [5, 5.41) is 3.88. The van der Waals surface area contributed by atoms with Gasteiger partial charge >= 0.3 is 0 Å². The smallest absolute Gasteiger partial charge is 0.232 e.